The minimum Gasteiger partial charge on any atom is -0.368 e. The molecule has 28 heavy (non-hydrogen) atoms. The third-order valence-corrected chi connectivity index (χ3v) is 5.38. The fourth-order valence-electron chi connectivity index (χ4n) is 2.79. The average Bonchev–Trinajstić information content (AvgIpc) is 2.70. The molecule has 1 N–H and O–H groups in total. The molecule has 0 aliphatic carbocycles. The van der Waals surface area contributed by atoms with Gasteiger partial charge in [-0.1, -0.05) is 41.0 Å². The molecule has 0 spiro atoms. The molecule has 0 atom stereocenters. The lowest BCUT2D eigenvalue weighted by atomic mass is 10.2. The molecule has 0 radical (unpaired) electrons. The molecule has 2 aromatic rings. The summed E-state index contributed by atoms with van der Waals surface area (Å²) >= 11 is 13.5. The van der Waals surface area contributed by atoms with E-state index in [2.05, 4.69) is 31.3 Å². The van der Waals surface area contributed by atoms with Gasteiger partial charge in [-0.05, 0) is 25.1 Å². The maximum Gasteiger partial charge on any atom is 0.254 e. The van der Waals surface area contributed by atoms with E-state index in [-0.39, 0.29) is 11.7 Å². The zero-order chi connectivity index (χ0) is 19.9. The molecule has 0 bridgehead atoms. The number of rotatable bonds is 7. The lowest BCUT2D eigenvalue weighted by Gasteiger charge is -2.36. The fourth-order valence-corrected chi connectivity index (χ4v) is 3.84. The Morgan fingerprint density at radius 2 is 1.93 bits per heavy atom. The van der Waals surface area contributed by atoms with Crippen LogP contribution >= 0.6 is 35.0 Å². The number of nitrogens with one attached hydrogen (secondary N) is 1. The van der Waals surface area contributed by atoms with E-state index in [1.807, 2.05) is 18.2 Å². The molecule has 1 aliphatic heterocycles. The second kappa shape index (κ2) is 10.2. The van der Waals surface area contributed by atoms with Gasteiger partial charge >= 0.3 is 0 Å². The number of piperazine rings is 1. The highest BCUT2D eigenvalue weighted by Crippen LogP contribution is 2.25. The normalized spacial score (nSPS) is 14.2. The van der Waals surface area contributed by atoms with Gasteiger partial charge in [-0.3, -0.25) is 9.63 Å². The first-order valence-electron chi connectivity index (χ1n) is 8.88. The van der Waals surface area contributed by atoms with Gasteiger partial charge in [0.2, 0.25) is 0 Å². The predicted octanol–water partition coefficient (Wildman–Crippen LogP) is 3.27. The summed E-state index contributed by atoms with van der Waals surface area (Å²) in [5.41, 5.74) is 3.46. The van der Waals surface area contributed by atoms with Crippen LogP contribution in [0.4, 0.5) is 11.5 Å². The van der Waals surface area contributed by atoms with Gasteiger partial charge in [-0.25, -0.2) is 15.4 Å². The number of hydrogen-bond donors (Lipinski definition) is 1. The van der Waals surface area contributed by atoms with Crippen LogP contribution in [0, 0.1) is 0 Å². The molecule has 150 valence electrons. The maximum atomic E-state index is 11.7. The van der Waals surface area contributed by atoms with Gasteiger partial charge in [0.1, 0.15) is 11.0 Å². The number of carbonyl (C=O) groups excluding carboxylic acids is 1. The van der Waals surface area contributed by atoms with Crippen molar-refractivity contribution >= 4 is 52.4 Å². The Balaban J connectivity index is 1.60. The number of halogens is 2. The number of benzene rings is 1. The second-order valence-corrected chi connectivity index (χ2v) is 7.80. The number of aromatic nitrogens is 2. The molecule has 1 aromatic heterocycles. The van der Waals surface area contributed by atoms with Crippen molar-refractivity contribution in [3.05, 3.63) is 40.5 Å². The van der Waals surface area contributed by atoms with Crippen molar-refractivity contribution in [2.75, 3.05) is 48.3 Å². The molecular formula is C18H21Cl2N5O2S. The van der Waals surface area contributed by atoms with Crippen molar-refractivity contribution in [3.8, 4) is 0 Å². The molecule has 1 aromatic carbocycles. The zero-order valence-electron chi connectivity index (χ0n) is 15.4. The molecule has 0 unspecified atom stereocenters. The summed E-state index contributed by atoms with van der Waals surface area (Å²) in [4.78, 5) is 29.8. The van der Waals surface area contributed by atoms with Crippen molar-refractivity contribution in [1.82, 2.24) is 15.4 Å². The van der Waals surface area contributed by atoms with Crippen LogP contribution in [-0.2, 0) is 9.63 Å². The fraction of sp³-hybridized carbons (Fsp3) is 0.389. The topological polar surface area (TPSA) is 70.6 Å². The number of amides is 1. The molecule has 7 nitrogen and oxygen atoms in total. The number of hydroxylamine groups is 1. The Kier molecular flexibility index (Phi) is 7.61. The van der Waals surface area contributed by atoms with E-state index in [1.54, 1.807) is 13.0 Å². The minimum atomic E-state index is -0.243. The molecule has 2 heterocycles. The summed E-state index contributed by atoms with van der Waals surface area (Å²) in [5.74, 6) is 0.674. The average molecular weight is 442 g/mol. The minimum absolute atomic E-state index is 0.155. The number of carbonyl (C=O) groups is 1. The van der Waals surface area contributed by atoms with Crippen LogP contribution < -0.4 is 15.3 Å². The lowest BCUT2D eigenvalue weighted by Crippen LogP contribution is -2.46. The molecule has 10 heteroatoms. The zero-order valence-corrected chi connectivity index (χ0v) is 17.7. The van der Waals surface area contributed by atoms with Crippen molar-refractivity contribution in [3.63, 3.8) is 0 Å². The van der Waals surface area contributed by atoms with Crippen LogP contribution in [-0.4, -0.2) is 54.4 Å². The summed E-state index contributed by atoms with van der Waals surface area (Å²) in [6.07, 6.45) is 0. The van der Waals surface area contributed by atoms with Gasteiger partial charge in [-0.2, -0.15) is 0 Å². The van der Waals surface area contributed by atoms with Crippen LogP contribution in [0.5, 0.6) is 0 Å². The smallest absolute Gasteiger partial charge is 0.254 e. The van der Waals surface area contributed by atoms with E-state index in [0.29, 0.717) is 16.9 Å². The number of nitrogens with zero attached hydrogens (tertiary/aromatic N) is 4. The van der Waals surface area contributed by atoms with Crippen molar-refractivity contribution in [1.29, 1.82) is 0 Å². The molecule has 1 saturated heterocycles. The highest BCUT2D eigenvalue weighted by atomic mass is 35.5. The number of thioether (sulfide) groups is 1. The Bertz CT molecular complexity index is 818. The van der Waals surface area contributed by atoms with Gasteiger partial charge in [-0.15, -0.1) is 0 Å². The highest BCUT2D eigenvalue weighted by molar-refractivity contribution is 7.99. The third-order valence-electron chi connectivity index (χ3n) is 4.10. The van der Waals surface area contributed by atoms with Gasteiger partial charge in [0.15, 0.2) is 5.16 Å². The standard InChI is InChI=1S/C18H21Cl2N5O2S/c1-2-27-23-17(26)12-28-18-21-15(20)11-16(22-18)25-8-6-24(7-9-25)14-5-3-4-13(19)10-14/h3-5,10-11H,2,6-9,12H2,1H3,(H,23,26). The van der Waals surface area contributed by atoms with E-state index in [9.17, 15) is 4.79 Å². The third kappa shape index (κ3) is 5.88. The molecule has 3 rings (SSSR count). The number of hydrogen-bond acceptors (Lipinski definition) is 7. The molecule has 1 amide bonds. The van der Waals surface area contributed by atoms with Crippen LogP contribution in [0.1, 0.15) is 6.92 Å². The Labute approximate surface area is 178 Å². The molecule has 0 saturated carbocycles. The van der Waals surface area contributed by atoms with Crippen LogP contribution in [0.25, 0.3) is 0 Å². The van der Waals surface area contributed by atoms with E-state index in [0.717, 1.165) is 42.7 Å². The first-order valence-corrected chi connectivity index (χ1v) is 10.6. The monoisotopic (exact) mass is 441 g/mol. The molecule has 1 aliphatic rings. The summed E-state index contributed by atoms with van der Waals surface area (Å²) in [5, 5.41) is 1.55. The SMILES string of the molecule is CCONC(=O)CSc1nc(Cl)cc(N2CCN(c3cccc(Cl)c3)CC2)n1. The Morgan fingerprint density at radius 1 is 1.18 bits per heavy atom. The van der Waals surface area contributed by atoms with Crippen LogP contribution in [0.3, 0.4) is 0 Å². The maximum absolute atomic E-state index is 11.7. The van der Waals surface area contributed by atoms with Crippen molar-refractivity contribution in [2.24, 2.45) is 0 Å². The second-order valence-electron chi connectivity index (χ2n) is 6.03. The molecular weight excluding hydrogens is 421 g/mol. The van der Waals surface area contributed by atoms with Crippen molar-refractivity contribution in [2.45, 2.75) is 12.1 Å². The first-order chi connectivity index (χ1) is 13.5. The van der Waals surface area contributed by atoms with Crippen molar-refractivity contribution < 1.29 is 9.63 Å². The van der Waals surface area contributed by atoms with Gasteiger partial charge in [0.25, 0.3) is 5.91 Å². The first kappa shape index (κ1) is 21.0. The summed E-state index contributed by atoms with van der Waals surface area (Å²) in [6, 6.07) is 9.62. The summed E-state index contributed by atoms with van der Waals surface area (Å²) in [6.45, 7) is 5.51. The Morgan fingerprint density at radius 3 is 2.64 bits per heavy atom. The largest absolute Gasteiger partial charge is 0.368 e. The number of anilines is 2. The van der Waals surface area contributed by atoms with E-state index in [4.69, 9.17) is 28.0 Å². The van der Waals surface area contributed by atoms with Gasteiger partial charge < -0.3 is 9.80 Å². The lowest BCUT2D eigenvalue weighted by molar-refractivity contribution is -0.130. The predicted molar refractivity (Wildman–Crippen MR) is 113 cm³/mol. The van der Waals surface area contributed by atoms with Crippen LogP contribution in [0.15, 0.2) is 35.5 Å². The van der Waals surface area contributed by atoms with Gasteiger partial charge in [0, 0.05) is 43.0 Å². The van der Waals surface area contributed by atoms with Crippen LogP contribution in [0.2, 0.25) is 10.2 Å². The van der Waals surface area contributed by atoms with E-state index in [1.165, 1.54) is 11.8 Å². The van der Waals surface area contributed by atoms with E-state index < -0.39 is 0 Å². The summed E-state index contributed by atoms with van der Waals surface area (Å²) in [7, 11) is 0. The summed E-state index contributed by atoms with van der Waals surface area (Å²) < 4.78 is 0. The van der Waals surface area contributed by atoms with Gasteiger partial charge in [0.05, 0.1) is 12.4 Å². The Hall–Kier alpha value is -1.74. The molecule has 1 fully saturated rings. The quantitative estimate of drug-likeness (QED) is 0.306. The van der Waals surface area contributed by atoms with E-state index >= 15 is 0 Å². The highest BCUT2D eigenvalue weighted by Gasteiger charge is 2.20.